The number of rotatable bonds is 7. The molecule has 0 radical (unpaired) electrons. The number of urea groups is 1. The Hall–Kier alpha value is -2.31. The van der Waals surface area contributed by atoms with Gasteiger partial charge < -0.3 is 15.3 Å². The van der Waals surface area contributed by atoms with Gasteiger partial charge in [0.15, 0.2) is 0 Å². The van der Waals surface area contributed by atoms with Crippen LogP contribution in [0.25, 0.3) is 0 Å². The highest BCUT2D eigenvalue weighted by Crippen LogP contribution is 1.94. The van der Waals surface area contributed by atoms with Gasteiger partial charge in [0.1, 0.15) is 6.54 Å². The van der Waals surface area contributed by atoms with Crippen LogP contribution in [0.1, 0.15) is 5.56 Å². The van der Waals surface area contributed by atoms with Gasteiger partial charge in [0.05, 0.1) is 12.7 Å². The smallest absolute Gasteiger partial charge is 0.323 e. The van der Waals surface area contributed by atoms with Crippen molar-refractivity contribution in [1.82, 2.24) is 20.0 Å². The molecule has 0 bridgehead atoms. The summed E-state index contributed by atoms with van der Waals surface area (Å²) in [5.41, 5.74) is 1.05. The van der Waals surface area contributed by atoms with E-state index in [0.717, 1.165) is 5.56 Å². The van der Waals surface area contributed by atoms with E-state index < -0.39 is 12.0 Å². The molecule has 0 saturated heterocycles. The molecule has 2 amide bonds. The Kier molecular flexibility index (Phi) is 5.59. The maximum Gasteiger partial charge on any atom is 0.323 e. The molecule has 0 aromatic carbocycles. The van der Waals surface area contributed by atoms with Gasteiger partial charge in [-0.25, -0.2) is 4.79 Å². The normalized spacial score (nSPS) is 9.95. The zero-order chi connectivity index (χ0) is 14.3. The fraction of sp³-hybridized carbons (Fsp3) is 0.417. The van der Waals surface area contributed by atoms with Crippen LogP contribution < -0.4 is 5.32 Å². The van der Waals surface area contributed by atoms with E-state index in [1.165, 1.54) is 11.0 Å². The lowest BCUT2D eigenvalue weighted by Gasteiger charge is -2.19. The molecule has 2 N–H and O–H groups in total. The summed E-state index contributed by atoms with van der Waals surface area (Å²) in [6.45, 7) is 6.19. The zero-order valence-corrected chi connectivity index (χ0v) is 10.9. The van der Waals surface area contributed by atoms with Crippen LogP contribution in [-0.2, 0) is 11.3 Å². The molecule has 7 heteroatoms. The second kappa shape index (κ2) is 7.20. The van der Waals surface area contributed by atoms with E-state index in [-0.39, 0.29) is 13.1 Å². The number of aryl methyl sites for hydroxylation is 1. The number of aromatic nitrogens is 2. The highest BCUT2D eigenvalue weighted by Gasteiger charge is 2.14. The maximum absolute atomic E-state index is 11.7. The van der Waals surface area contributed by atoms with Crippen molar-refractivity contribution in [3.8, 4) is 0 Å². The highest BCUT2D eigenvalue weighted by molar-refractivity contribution is 5.80. The van der Waals surface area contributed by atoms with Gasteiger partial charge in [-0.15, -0.1) is 6.58 Å². The van der Waals surface area contributed by atoms with Crippen molar-refractivity contribution in [2.45, 2.75) is 13.5 Å². The molecule has 0 atom stereocenters. The van der Waals surface area contributed by atoms with Crippen LogP contribution >= 0.6 is 0 Å². The molecule has 1 aromatic rings. The lowest BCUT2D eigenvalue weighted by molar-refractivity contribution is -0.137. The van der Waals surface area contributed by atoms with E-state index in [4.69, 9.17) is 5.11 Å². The fourth-order valence-corrected chi connectivity index (χ4v) is 1.52. The SMILES string of the molecule is C=CCN(CC(=O)O)C(=O)NCCn1cc(C)cn1. The first-order valence-electron chi connectivity index (χ1n) is 5.87. The first-order chi connectivity index (χ1) is 9.02. The summed E-state index contributed by atoms with van der Waals surface area (Å²) in [4.78, 5) is 23.5. The molecule has 1 aromatic heterocycles. The Morgan fingerprint density at radius 3 is 2.89 bits per heavy atom. The summed E-state index contributed by atoms with van der Waals surface area (Å²) >= 11 is 0. The van der Waals surface area contributed by atoms with Gasteiger partial charge >= 0.3 is 12.0 Å². The lowest BCUT2D eigenvalue weighted by Crippen LogP contribution is -2.43. The summed E-state index contributed by atoms with van der Waals surface area (Å²) in [5.74, 6) is -1.06. The number of carbonyl (C=O) groups excluding carboxylic acids is 1. The minimum absolute atomic E-state index is 0.193. The molecular weight excluding hydrogens is 248 g/mol. The van der Waals surface area contributed by atoms with E-state index in [0.29, 0.717) is 13.1 Å². The van der Waals surface area contributed by atoms with Crippen LogP contribution in [0.5, 0.6) is 0 Å². The van der Waals surface area contributed by atoms with Gasteiger partial charge in [-0.3, -0.25) is 9.48 Å². The predicted molar refractivity (Wildman–Crippen MR) is 69.8 cm³/mol. The minimum atomic E-state index is -1.06. The molecule has 0 fully saturated rings. The van der Waals surface area contributed by atoms with Gasteiger partial charge in [0.2, 0.25) is 0 Å². The quantitative estimate of drug-likeness (QED) is 0.702. The molecular formula is C12H18N4O3. The molecule has 0 saturated carbocycles. The second-order valence-corrected chi connectivity index (χ2v) is 4.08. The minimum Gasteiger partial charge on any atom is -0.480 e. The van der Waals surface area contributed by atoms with E-state index in [1.807, 2.05) is 13.1 Å². The summed E-state index contributed by atoms with van der Waals surface area (Å²) in [6.07, 6.45) is 5.08. The van der Waals surface area contributed by atoms with Gasteiger partial charge in [0.25, 0.3) is 0 Å². The molecule has 0 spiro atoms. The molecule has 0 aliphatic carbocycles. The average molecular weight is 266 g/mol. The summed E-state index contributed by atoms with van der Waals surface area (Å²) in [6, 6.07) is -0.425. The van der Waals surface area contributed by atoms with E-state index in [1.54, 1.807) is 10.9 Å². The number of carboxylic acids is 1. The molecule has 19 heavy (non-hydrogen) atoms. The summed E-state index contributed by atoms with van der Waals surface area (Å²) < 4.78 is 1.71. The third kappa shape index (κ3) is 5.24. The standard InChI is InChI=1S/C12H18N4O3/c1-3-5-15(9-11(17)18)12(19)13-4-6-16-8-10(2)7-14-16/h3,7-8H,1,4-6,9H2,2H3,(H,13,19)(H,17,18). The van der Waals surface area contributed by atoms with Crippen LogP contribution in [0.3, 0.4) is 0 Å². The van der Waals surface area contributed by atoms with Crippen LogP contribution in [0, 0.1) is 6.92 Å². The topological polar surface area (TPSA) is 87.5 Å². The maximum atomic E-state index is 11.7. The molecule has 1 heterocycles. The number of carbonyl (C=O) groups is 2. The van der Waals surface area contributed by atoms with Crippen LogP contribution in [0.15, 0.2) is 25.0 Å². The monoisotopic (exact) mass is 266 g/mol. The fourth-order valence-electron chi connectivity index (χ4n) is 1.52. The van der Waals surface area contributed by atoms with Crippen LogP contribution in [0.4, 0.5) is 4.79 Å². The lowest BCUT2D eigenvalue weighted by atomic mass is 10.4. The number of hydrogen-bond donors (Lipinski definition) is 2. The van der Waals surface area contributed by atoms with Crippen molar-refractivity contribution >= 4 is 12.0 Å². The van der Waals surface area contributed by atoms with E-state index >= 15 is 0 Å². The summed E-state index contributed by atoms with van der Waals surface area (Å²) in [5, 5.41) is 15.4. The third-order valence-corrected chi connectivity index (χ3v) is 2.34. The molecule has 0 unspecified atom stereocenters. The summed E-state index contributed by atoms with van der Waals surface area (Å²) in [7, 11) is 0. The molecule has 1 rings (SSSR count). The van der Waals surface area contributed by atoms with Crippen molar-refractivity contribution in [3.05, 3.63) is 30.6 Å². The van der Waals surface area contributed by atoms with Crippen LogP contribution in [-0.4, -0.2) is 51.4 Å². The molecule has 0 aliphatic rings. The van der Waals surface area contributed by atoms with Gasteiger partial charge in [0, 0.05) is 19.3 Å². The van der Waals surface area contributed by atoms with E-state index in [2.05, 4.69) is 17.0 Å². The first-order valence-corrected chi connectivity index (χ1v) is 5.87. The van der Waals surface area contributed by atoms with Gasteiger partial charge in [-0.2, -0.15) is 5.10 Å². The van der Waals surface area contributed by atoms with Crippen molar-refractivity contribution in [2.24, 2.45) is 0 Å². The number of aliphatic carboxylic acids is 1. The largest absolute Gasteiger partial charge is 0.480 e. The Bertz CT molecular complexity index is 456. The van der Waals surface area contributed by atoms with Crippen molar-refractivity contribution in [2.75, 3.05) is 19.6 Å². The van der Waals surface area contributed by atoms with Crippen molar-refractivity contribution in [3.63, 3.8) is 0 Å². The van der Waals surface area contributed by atoms with Gasteiger partial charge in [-0.1, -0.05) is 6.08 Å². The Morgan fingerprint density at radius 1 is 1.63 bits per heavy atom. The first kappa shape index (κ1) is 14.7. The Morgan fingerprint density at radius 2 is 2.37 bits per heavy atom. The van der Waals surface area contributed by atoms with Crippen LogP contribution in [0.2, 0.25) is 0 Å². The third-order valence-electron chi connectivity index (χ3n) is 2.34. The zero-order valence-electron chi connectivity index (χ0n) is 10.9. The van der Waals surface area contributed by atoms with E-state index in [9.17, 15) is 9.59 Å². The predicted octanol–water partition coefficient (Wildman–Crippen LogP) is 0.474. The van der Waals surface area contributed by atoms with Gasteiger partial charge in [-0.05, 0) is 12.5 Å². The highest BCUT2D eigenvalue weighted by atomic mass is 16.4. The Balaban J connectivity index is 2.39. The molecule has 104 valence electrons. The number of hydrogen-bond acceptors (Lipinski definition) is 3. The second-order valence-electron chi connectivity index (χ2n) is 4.08. The number of carboxylic acid groups (broad SMARTS) is 1. The average Bonchev–Trinajstić information content (AvgIpc) is 2.74. The number of amides is 2. The van der Waals surface area contributed by atoms with Crippen molar-refractivity contribution in [1.29, 1.82) is 0 Å². The number of nitrogens with one attached hydrogen (secondary N) is 1. The molecule has 0 aliphatic heterocycles. The molecule has 7 nitrogen and oxygen atoms in total. The number of nitrogens with zero attached hydrogens (tertiary/aromatic N) is 3. The Labute approximate surface area is 111 Å². The van der Waals surface area contributed by atoms with Crippen molar-refractivity contribution < 1.29 is 14.7 Å².